The fourth-order valence-electron chi connectivity index (χ4n) is 14.3. The van der Waals surface area contributed by atoms with Crippen molar-refractivity contribution in [3.63, 3.8) is 0 Å². The van der Waals surface area contributed by atoms with Gasteiger partial charge < -0.3 is 9.80 Å². The van der Waals surface area contributed by atoms with E-state index in [-0.39, 0.29) is 33.8 Å². The molecule has 2 aliphatic heterocycles. The number of nitrogens with zero attached hydrogens (tertiary/aromatic N) is 2. The number of anilines is 6. The van der Waals surface area contributed by atoms with Gasteiger partial charge in [-0.2, -0.15) is 0 Å². The van der Waals surface area contributed by atoms with Crippen LogP contribution in [0.15, 0.2) is 152 Å². The van der Waals surface area contributed by atoms with Gasteiger partial charge in [0, 0.05) is 44.6 Å². The molecule has 2 heterocycles. The van der Waals surface area contributed by atoms with E-state index in [2.05, 4.69) is 238 Å². The highest BCUT2D eigenvalue weighted by Crippen LogP contribution is 2.55. The van der Waals surface area contributed by atoms with Crippen LogP contribution in [0.4, 0.5) is 34.1 Å². The first-order valence-electron chi connectivity index (χ1n) is 26.6. The second-order valence-corrected chi connectivity index (χ2v) is 25.7. The van der Waals surface area contributed by atoms with Crippen LogP contribution < -0.4 is 26.2 Å². The molecule has 358 valence electrons. The molecule has 3 aliphatic carbocycles. The number of hydrogen-bond acceptors (Lipinski definition) is 2. The van der Waals surface area contributed by atoms with Crippen LogP contribution >= 0.6 is 11.6 Å². The molecule has 4 heteroatoms. The van der Waals surface area contributed by atoms with Crippen LogP contribution in [0.5, 0.6) is 0 Å². The van der Waals surface area contributed by atoms with E-state index in [9.17, 15) is 0 Å². The van der Waals surface area contributed by atoms with Gasteiger partial charge in [0.1, 0.15) is 0 Å². The summed E-state index contributed by atoms with van der Waals surface area (Å²) in [4.78, 5) is 5.17. The first-order chi connectivity index (χ1) is 34.2. The van der Waals surface area contributed by atoms with Gasteiger partial charge in [-0.25, -0.2) is 0 Å². The van der Waals surface area contributed by atoms with E-state index in [1.807, 2.05) is 0 Å². The number of benzene rings is 8. The maximum atomic E-state index is 7.60. The SMILES string of the molecule is Cc1cc(-c2ccccc2)ccc1N1c2ccc(-c3cccc4c3C(C)(C)c3ccccc3-4)cc2B2c3cc4c(cc3N(c3ccc5c(c3)C(C)(C)CCC5(C)C)c3cc(Cl)cc1c32)C(C)(C)CCC4(C)C. The summed E-state index contributed by atoms with van der Waals surface area (Å²) in [5.41, 5.74) is 28.7. The molecule has 13 rings (SSSR count). The molecule has 72 heavy (non-hydrogen) atoms. The van der Waals surface area contributed by atoms with Gasteiger partial charge >= 0.3 is 0 Å². The molecule has 0 N–H and O–H groups in total. The van der Waals surface area contributed by atoms with Crippen molar-refractivity contribution in [1.29, 1.82) is 0 Å². The number of aryl methyl sites for hydroxylation is 1. The zero-order chi connectivity index (χ0) is 50.0. The number of rotatable bonds is 4. The predicted molar refractivity (Wildman–Crippen MR) is 309 cm³/mol. The maximum absolute atomic E-state index is 7.60. The normalized spacial score (nSPS) is 18.5. The molecule has 0 saturated carbocycles. The van der Waals surface area contributed by atoms with Gasteiger partial charge in [-0.05, 0) is 192 Å². The first-order valence-corrected chi connectivity index (χ1v) is 26.9. The molecule has 5 aliphatic rings. The van der Waals surface area contributed by atoms with Gasteiger partial charge in [-0.15, -0.1) is 0 Å². The zero-order valence-electron chi connectivity index (χ0n) is 44.1. The fraction of sp³-hybridized carbons (Fsp3) is 0.294. The summed E-state index contributed by atoms with van der Waals surface area (Å²) in [6.45, 7) is 26.7. The molecule has 0 atom stereocenters. The standard InChI is InChI=1S/C68H66BClN2/c1-41-34-43(42-18-13-12-14-19-42)24-28-57(41)72-58-29-25-44(47-21-17-22-49-48-20-15-16-23-50(48)68(10,11)62(47)49)35-55(58)69-56-39-53-54(67(8,9)33-32-66(53,6)7)40-59(56)71(60-36-45(70)37-61(72)63(60)69)46-26-27-51-52(38-46)65(4,5)31-30-64(51,2)3/h12-29,34-40H,30-33H2,1-11H3. The Labute approximate surface area is 434 Å². The second kappa shape index (κ2) is 15.4. The molecular formula is C68H66BClN2. The van der Waals surface area contributed by atoms with Crippen molar-refractivity contribution < 1.29 is 0 Å². The third-order valence-electron chi connectivity index (χ3n) is 18.5. The highest BCUT2D eigenvalue weighted by Gasteiger charge is 2.48. The van der Waals surface area contributed by atoms with E-state index in [0.717, 1.165) is 41.3 Å². The summed E-state index contributed by atoms with van der Waals surface area (Å²) in [7, 11) is 0. The Morgan fingerprint density at radius 2 is 0.972 bits per heavy atom. The predicted octanol–water partition coefficient (Wildman–Crippen LogP) is 17.1. The van der Waals surface area contributed by atoms with E-state index in [4.69, 9.17) is 11.6 Å². The van der Waals surface area contributed by atoms with Gasteiger partial charge in [-0.3, -0.25) is 0 Å². The molecule has 8 aromatic carbocycles. The lowest BCUT2D eigenvalue weighted by Crippen LogP contribution is -2.62. The van der Waals surface area contributed by atoms with Crippen LogP contribution in [0.2, 0.25) is 5.02 Å². The van der Waals surface area contributed by atoms with Crippen molar-refractivity contribution in [3.05, 3.63) is 196 Å². The zero-order valence-corrected chi connectivity index (χ0v) is 44.9. The molecule has 0 fully saturated rings. The van der Waals surface area contributed by atoms with Gasteiger partial charge in [0.2, 0.25) is 0 Å². The van der Waals surface area contributed by atoms with Crippen LogP contribution in [-0.4, -0.2) is 6.71 Å². The average molecular weight is 958 g/mol. The molecule has 8 aromatic rings. The topological polar surface area (TPSA) is 6.48 Å². The number of halogens is 1. The molecule has 2 nitrogen and oxygen atoms in total. The van der Waals surface area contributed by atoms with Crippen molar-refractivity contribution >= 4 is 68.8 Å². The molecule has 0 saturated heterocycles. The van der Waals surface area contributed by atoms with E-state index in [0.29, 0.717) is 0 Å². The summed E-state index contributed by atoms with van der Waals surface area (Å²) >= 11 is 7.60. The lowest BCUT2D eigenvalue weighted by Gasteiger charge is -2.48. The Balaban J connectivity index is 1.12. The minimum absolute atomic E-state index is 0.0170. The van der Waals surface area contributed by atoms with E-state index in [1.165, 1.54) is 112 Å². The Morgan fingerprint density at radius 1 is 0.403 bits per heavy atom. The Bertz CT molecular complexity index is 3610. The monoisotopic (exact) mass is 957 g/mol. The third kappa shape index (κ3) is 6.54. The lowest BCUT2D eigenvalue weighted by molar-refractivity contribution is 0.332. The molecule has 0 bridgehead atoms. The number of fused-ring (bicyclic) bond motifs is 9. The van der Waals surface area contributed by atoms with Gasteiger partial charge in [0.05, 0.1) is 0 Å². The average Bonchev–Trinajstić information content (AvgIpc) is 3.60. The smallest absolute Gasteiger partial charge is 0.252 e. The van der Waals surface area contributed by atoms with Crippen LogP contribution in [0.3, 0.4) is 0 Å². The van der Waals surface area contributed by atoms with Gasteiger partial charge in [0.25, 0.3) is 6.71 Å². The van der Waals surface area contributed by atoms with E-state index < -0.39 is 0 Å². The Hall–Kier alpha value is -6.29. The summed E-state index contributed by atoms with van der Waals surface area (Å²) in [6.07, 6.45) is 4.63. The van der Waals surface area contributed by atoms with E-state index in [1.54, 1.807) is 0 Å². The minimum Gasteiger partial charge on any atom is -0.311 e. The third-order valence-corrected chi connectivity index (χ3v) is 18.8. The summed E-state index contributed by atoms with van der Waals surface area (Å²) in [5.74, 6) is 0. The Morgan fingerprint density at radius 3 is 1.68 bits per heavy atom. The second-order valence-electron chi connectivity index (χ2n) is 25.2. The van der Waals surface area contributed by atoms with Crippen LogP contribution in [-0.2, 0) is 27.1 Å². The largest absolute Gasteiger partial charge is 0.311 e. The highest BCUT2D eigenvalue weighted by molar-refractivity contribution is 7.00. The van der Waals surface area contributed by atoms with Crippen molar-refractivity contribution in [2.24, 2.45) is 0 Å². The molecule has 0 unspecified atom stereocenters. The first kappa shape index (κ1) is 45.6. The molecule has 0 amide bonds. The van der Waals surface area contributed by atoms with Crippen molar-refractivity contribution in [3.8, 4) is 33.4 Å². The maximum Gasteiger partial charge on any atom is 0.252 e. The van der Waals surface area contributed by atoms with Crippen LogP contribution in [0.25, 0.3) is 33.4 Å². The molecular weight excluding hydrogens is 891 g/mol. The van der Waals surface area contributed by atoms with Gasteiger partial charge in [-0.1, -0.05) is 184 Å². The minimum atomic E-state index is -0.160. The molecule has 0 radical (unpaired) electrons. The molecule has 0 aromatic heterocycles. The number of hydrogen-bond donors (Lipinski definition) is 0. The highest BCUT2D eigenvalue weighted by atomic mass is 35.5. The van der Waals surface area contributed by atoms with Crippen LogP contribution in [0.1, 0.15) is 134 Å². The summed E-state index contributed by atoms with van der Waals surface area (Å²) < 4.78 is 0. The van der Waals surface area contributed by atoms with Crippen LogP contribution in [0, 0.1) is 6.92 Å². The van der Waals surface area contributed by atoms with Crippen molar-refractivity contribution in [2.75, 3.05) is 9.80 Å². The van der Waals surface area contributed by atoms with Crippen molar-refractivity contribution in [1.82, 2.24) is 0 Å². The van der Waals surface area contributed by atoms with Gasteiger partial charge in [0.15, 0.2) is 0 Å². The quantitative estimate of drug-likeness (QED) is 0.162. The fourth-order valence-corrected chi connectivity index (χ4v) is 14.5. The van der Waals surface area contributed by atoms with E-state index >= 15 is 0 Å². The van der Waals surface area contributed by atoms with Crippen molar-refractivity contribution in [2.45, 2.75) is 129 Å². The summed E-state index contributed by atoms with van der Waals surface area (Å²) in [6, 6.07) is 58.5. The summed E-state index contributed by atoms with van der Waals surface area (Å²) in [5, 5.41) is 0.736. The Kier molecular flexibility index (Phi) is 9.73. The lowest BCUT2D eigenvalue weighted by atomic mass is 9.33. The molecule has 0 spiro atoms.